The Labute approximate surface area is 149 Å². The van der Waals surface area contributed by atoms with Gasteiger partial charge in [-0.15, -0.1) is 0 Å². The van der Waals surface area contributed by atoms with Crippen LogP contribution in [0.5, 0.6) is 0 Å². The second kappa shape index (κ2) is 8.85. The molecule has 0 spiro atoms. The second-order valence-electron chi connectivity index (χ2n) is 7.13. The fourth-order valence-electron chi connectivity index (χ4n) is 2.72. The average molecular weight is 347 g/mol. The van der Waals surface area contributed by atoms with E-state index in [1.54, 1.807) is 12.1 Å². The van der Waals surface area contributed by atoms with Gasteiger partial charge in [0.2, 0.25) is 0 Å². The summed E-state index contributed by atoms with van der Waals surface area (Å²) in [5, 5.41) is 8.58. The number of rotatable bonds is 7. The molecule has 1 aliphatic carbocycles. The van der Waals surface area contributed by atoms with Crippen LogP contribution >= 0.6 is 0 Å². The Bertz CT molecular complexity index is 578. The summed E-state index contributed by atoms with van der Waals surface area (Å²) in [6, 6.07) is 7.38. The fraction of sp³-hybridized carbons (Fsp3) is 0.579. The topological polar surface area (TPSA) is 79.5 Å². The van der Waals surface area contributed by atoms with E-state index in [0.29, 0.717) is 12.1 Å². The van der Waals surface area contributed by atoms with Crippen LogP contribution in [-0.2, 0) is 11.3 Å². The van der Waals surface area contributed by atoms with Gasteiger partial charge in [0.25, 0.3) is 5.91 Å². The summed E-state index contributed by atoms with van der Waals surface area (Å²) < 4.78 is 5.70. The van der Waals surface area contributed by atoms with Crippen LogP contribution in [0, 0.1) is 0 Å². The molecule has 0 saturated heterocycles. The molecule has 0 aromatic heterocycles. The number of nitrogens with one attached hydrogen (secondary N) is 3. The van der Waals surface area contributed by atoms with Gasteiger partial charge in [-0.2, -0.15) is 0 Å². The minimum absolute atomic E-state index is 0.0648. The lowest BCUT2D eigenvalue weighted by molar-refractivity contribution is -0.0482. The van der Waals surface area contributed by atoms with Crippen molar-refractivity contribution in [1.29, 1.82) is 0 Å². The summed E-state index contributed by atoms with van der Waals surface area (Å²) in [7, 11) is 0. The Balaban J connectivity index is 1.74. The highest BCUT2D eigenvalue weighted by molar-refractivity contribution is 5.94. The van der Waals surface area contributed by atoms with Gasteiger partial charge in [0.05, 0.1) is 12.2 Å². The summed E-state index contributed by atoms with van der Waals surface area (Å²) in [6.45, 7) is 8.29. The minimum Gasteiger partial charge on any atom is -0.375 e. The predicted molar refractivity (Wildman–Crippen MR) is 97.4 cm³/mol. The van der Waals surface area contributed by atoms with Crippen molar-refractivity contribution < 1.29 is 14.3 Å². The standard InChI is InChI=1S/C19H29N3O3/c1-12(2)21-19(24)20-11-14-5-7-15(8-6-14)18(23)22-16-9-17(10-16)25-13(3)4/h5-8,12-13,16-17H,9-11H2,1-4H3,(H,22,23)(H2,20,21,24). The third-order valence-electron chi connectivity index (χ3n) is 3.98. The lowest BCUT2D eigenvalue weighted by Gasteiger charge is -2.36. The zero-order chi connectivity index (χ0) is 18.4. The van der Waals surface area contributed by atoms with Gasteiger partial charge in [-0.1, -0.05) is 12.1 Å². The Morgan fingerprint density at radius 3 is 2.32 bits per heavy atom. The number of ether oxygens (including phenoxy) is 1. The van der Waals surface area contributed by atoms with Crippen molar-refractivity contribution in [3.8, 4) is 0 Å². The van der Waals surface area contributed by atoms with Crippen molar-refractivity contribution in [2.45, 2.75) is 71.4 Å². The summed E-state index contributed by atoms with van der Waals surface area (Å²) >= 11 is 0. The molecule has 2 rings (SSSR count). The molecule has 0 heterocycles. The maximum absolute atomic E-state index is 12.2. The van der Waals surface area contributed by atoms with E-state index in [0.717, 1.165) is 18.4 Å². The van der Waals surface area contributed by atoms with Crippen LogP contribution in [0.15, 0.2) is 24.3 Å². The van der Waals surface area contributed by atoms with Crippen LogP contribution in [0.1, 0.15) is 56.5 Å². The van der Waals surface area contributed by atoms with Gasteiger partial charge in [-0.05, 0) is 58.2 Å². The highest BCUT2D eigenvalue weighted by atomic mass is 16.5. The molecule has 0 aliphatic heterocycles. The number of amides is 3. The van der Waals surface area contributed by atoms with Gasteiger partial charge in [-0.25, -0.2) is 4.79 Å². The third-order valence-corrected chi connectivity index (χ3v) is 3.98. The van der Waals surface area contributed by atoms with Crippen LogP contribution in [0.4, 0.5) is 4.79 Å². The normalized spacial score (nSPS) is 19.4. The smallest absolute Gasteiger partial charge is 0.315 e. The highest BCUT2D eigenvalue weighted by Gasteiger charge is 2.31. The van der Waals surface area contributed by atoms with E-state index in [1.807, 2.05) is 39.8 Å². The first kappa shape index (κ1) is 19.2. The highest BCUT2D eigenvalue weighted by Crippen LogP contribution is 2.24. The van der Waals surface area contributed by atoms with E-state index < -0.39 is 0 Å². The SMILES string of the molecule is CC(C)NC(=O)NCc1ccc(C(=O)NC2CC(OC(C)C)C2)cc1. The number of hydrogen-bond acceptors (Lipinski definition) is 3. The fourth-order valence-corrected chi connectivity index (χ4v) is 2.72. The van der Waals surface area contributed by atoms with Crippen molar-refractivity contribution in [1.82, 2.24) is 16.0 Å². The van der Waals surface area contributed by atoms with Gasteiger partial charge in [0.1, 0.15) is 0 Å². The van der Waals surface area contributed by atoms with Crippen molar-refractivity contribution in [3.05, 3.63) is 35.4 Å². The Hall–Kier alpha value is -2.08. The monoisotopic (exact) mass is 347 g/mol. The van der Waals surface area contributed by atoms with Crippen LogP contribution in [0.3, 0.4) is 0 Å². The average Bonchev–Trinajstić information content (AvgIpc) is 2.50. The summed E-state index contributed by atoms with van der Waals surface area (Å²) in [6.07, 6.45) is 2.23. The number of hydrogen-bond donors (Lipinski definition) is 3. The van der Waals surface area contributed by atoms with Crippen LogP contribution in [0.2, 0.25) is 0 Å². The minimum atomic E-state index is -0.194. The number of carbonyl (C=O) groups excluding carboxylic acids is 2. The second-order valence-corrected chi connectivity index (χ2v) is 7.13. The molecule has 0 radical (unpaired) electrons. The molecular weight excluding hydrogens is 318 g/mol. The first-order valence-corrected chi connectivity index (χ1v) is 8.93. The van der Waals surface area contributed by atoms with Gasteiger partial charge in [0.15, 0.2) is 0 Å². The lowest BCUT2D eigenvalue weighted by Crippen LogP contribution is -2.48. The van der Waals surface area contributed by atoms with Gasteiger partial charge >= 0.3 is 6.03 Å². The number of benzene rings is 1. The van der Waals surface area contributed by atoms with E-state index in [2.05, 4.69) is 16.0 Å². The van der Waals surface area contributed by atoms with E-state index in [4.69, 9.17) is 4.74 Å². The first-order chi connectivity index (χ1) is 11.8. The molecule has 6 nitrogen and oxygen atoms in total. The molecule has 3 N–H and O–H groups in total. The largest absolute Gasteiger partial charge is 0.375 e. The first-order valence-electron chi connectivity index (χ1n) is 8.93. The zero-order valence-electron chi connectivity index (χ0n) is 15.5. The van der Waals surface area contributed by atoms with Gasteiger partial charge in [0, 0.05) is 24.2 Å². The molecule has 0 atom stereocenters. The third kappa shape index (κ3) is 6.38. The van der Waals surface area contributed by atoms with Gasteiger partial charge < -0.3 is 20.7 Å². The summed E-state index contributed by atoms with van der Waals surface area (Å²) in [5.41, 5.74) is 1.58. The van der Waals surface area contributed by atoms with Gasteiger partial charge in [-0.3, -0.25) is 4.79 Å². The molecule has 1 aromatic rings. The van der Waals surface area contributed by atoms with Crippen LogP contribution in [-0.4, -0.2) is 36.2 Å². The van der Waals surface area contributed by atoms with Crippen molar-refractivity contribution >= 4 is 11.9 Å². The molecular formula is C19H29N3O3. The quantitative estimate of drug-likeness (QED) is 0.709. The molecule has 0 unspecified atom stereocenters. The van der Waals surface area contributed by atoms with Crippen molar-refractivity contribution in [3.63, 3.8) is 0 Å². The molecule has 25 heavy (non-hydrogen) atoms. The van der Waals surface area contributed by atoms with E-state index in [-0.39, 0.29) is 36.2 Å². The molecule has 138 valence electrons. The predicted octanol–water partition coefficient (Wildman–Crippen LogP) is 2.58. The lowest BCUT2D eigenvalue weighted by atomic mass is 9.89. The van der Waals surface area contributed by atoms with Crippen molar-refractivity contribution in [2.75, 3.05) is 0 Å². The van der Waals surface area contributed by atoms with Crippen LogP contribution < -0.4 is 16.0 Å². The maximum atomic E-state index is 12.2. The Morgan fingerprint density at radius 2 is 1.76 bits per heavy atom. The molecule has 1 fully saturated rings. The molecule has 3 amide bonds. The van der Waals surface area contributed by atoms with Crippen LogP contribution in [0.25, 0.3) is 0 Å². The molecule has 0 bridgehead atoms. The summed E-state index contributed by atoms with van der Waals surface area (Å²) in [5.74, 6) is -0.0648. The van der Waals surface area contributed by atoms with E-state index in [9.17, 15) is 9.59 Å². The molecule has 1 saturated carbocycles. The Kier molecular flexibility index (Phi) is 6.82. The molecule has 1 aliphatic rings. The summed E-state index contributed by atoms with van der Waals surface area (Å²) in [4.78, 5) is 23.8. The van der Waals surface area contributed by atoms with Crippen molar-refractivity contribution in [2.24, 2.45) is 0 Å². The maximum Gasteiger partial charge on any atom is 0.315 e. The molecule has 6 heteroatoms. The zero-order valence-corrected chi connectivity index (χ0v) is 15.5. The molecule has 1 aromatic carbocycles. The number of urea groups is 1. The Morgan fingerprint density at radius 1 is 1.12 bits per heavy atom. The number of carbonyl (C=O) groups is 2. The van der Waals surface area contributed by atoms with E-state index in [1.165, 1.54) is 0 Å². The van der Waals surface area contributed by atoms with E-state index >= 15 is 0 Å².